The molecule has 0 saturated carbocycles. The highest BCUT2D eigenvalue weighted by Crippen LogP contribution is 2.33. The molecule has 0 unspecified atom stereocenters. The Bertz CT molecular complexity index is 1520. The predicted molar refractivity (Wildman–Crippen MR) is 171 cm³/mol. The number of rotatable bonds is 12. The maximum atomic E-state index is 13.4. The highest BCUT2D eigenvalue weighted by molar-refractivity contribution is 9.10. The van der Waals surface area contributed by atoms with Crippen LogP contribution >= 0.6 is 15.9 Å². The fraction of sp³-hybridized carbons (Fsp3) is 0.257. The van der Waals surface area contributed by atoms with Crippen LogP contribution in [0.3, 0.4) is 0 Å². The van der Waals surface area contributed by atoms with Gasteiger partial charge in [-0.15, -0.1) is 0 Å². The van der Waals surface area contributed by atoms with E-state index in [9.17, 15) is 9.59 Å². The Morgan fingerprint density at radius 2 is 1.60 bits per heavy atom. The number of para-hydroxylation sites is 2. The lowest BCUT2D eigenvalue weighted by atomic mass is 9.99. The van der Waals surface area contributed by atoms with Crippen molar-refractivity contribution in [3.8, 4) is 28.4 Å². The normalized spacial score (nSPS) is 13.7. The number of hydrogen-bond acceptors (Lipinski definition) is 6. The van der Waals surface area contributed by atoms with E-state index in [4.69, 9.17) is 14.2 Å². The second-order valence-corrected chi connectivity index (χ2v) is 11.3. The van der Waals surface area contributed by atoms with Crippen LogP contribution in [0.4, 0.5) is 0 Å². The minimum absolute atomic E-state index is 0.264. The molecule has 0 radical (unpaired) electrons. The Hall–Kier alpha value is -4.14. The van der Waals surface area contributed by atoms with Crippen LogP contribution < -0.4 is 14.8 Å². The van der Waals surface area contributed by atoms with Crippen molar-refractivity contribution in [1.29, 1.82) is 0 Å². The Kier molecular flexibility index (Phi) is 10.5. The van der Waals surface area contributed by atoms with Crippen molar-refractivity contribution in [2.24, 2.45) is 0 Å². The highest BCUT2D eigenvalue weighted by atomic mass is 79.9. The van der Waals surface area contributed by atoms with Crippen LogP contribution in [0.15, 0.2) is 102 Å². The first-order valence-electron chi connectivity index (χ1n) is 14.4. The minimum atomic E-state index is -0.881. The molecule has 1 heterocycles. The van der Waals surface area contributed by atoms with Gasteiger partial charge < -0.3 is 19.5 Å². The number of nitrogens with one attached hydrogen (secondary N) is 1. The second-order valence-electron chi connectivity index (χ2n) is 10.4. The fourth-order valence-corrected chi connectivity index (χ4v) is 5.49. The largest absolute Gasteiger partial charge is 0.491 e. The van der Waals surface area contributed by atoms with Gasteiger partial charge in [-0.05, 0) is 73.5 Å². The van der Waals surface area contributed by atoms with Crippen LogP contribution in [0, 0.1) is 0 Å². The molecule has 1 N–H and O–H groups in total. The topological polar surface area (TPSA) is 77.1 Å². The minimum Gasteiger partial charge on any atom is -0.491 e. The summed E-state index contributed by atoms with van der Waals surface area (Å²) in [7, 11) is 1.32. The van der Waals surface area contributed by atoms with E-state index in [1.54, 1.807) is 12.1 Å². The third-order valence-electron chi connectivity index (χ3n) is 7.40. The molecular formula is C35H35BrN2O5. The van der Waals surface area contributed by atoms with E-state index in [0.717, 1.165) is 52.3 Å². The lowest BCUT2D eigenvalue weighted by Gasteiger charge is -2.19. The van der Waals surface area contributed by atoms with Gasteiger partial charge in [0.2, 0.25) is 0 Å². The number of methoxy groups -OCH3 is 1. The van der Waals surface area contributed by atoms with Crippen molar-refractivity contribution < 1.29 is 23.8 Å². The lowest BCUT2D eigenvalue weighted by Crippen LogP contribution is -2.43. The molecule has 8 heteroatoms. The third-order valence-corrected chi connectivity index (χ3v) is 7.90. The highest BCUT2D eigenvalue weighted by Gasteiger charge is 2.25. The van der Waals surface area contributed by atoms with Crippen molar-refractivity contribution in [2.45, 2.75) is 25.3 Å². The third kappa shape index (κ3) is 8.24. The van der Waals surface area contributed by atoms with Gasteiger partial charge in [0.05, 0.1) is 12.7 Å². The summed E-state index contributed by atoms with van der Waals surface area (Å²) in [5.41, 5.74) is 3.15. The van der Waals surface area contributed by atoms with Gasteiger partial charge in [0.25, 0.3) is 5.91 Å². The summed E-state index contributed by atoms with van der Waals surface area (Å²) in [4.78, 5) is 28.6. The van der Waals surface area contributed by atoms with E-state index in [0.29, 0.717) is 17.9 Å². The van der Waals surface area contributed by atoms with Gasteiger partial charge in [-0.3, -0.25) is 9.69 Å². The van der Waals surface area contributed by atoms with Gasteiger partial charge in [-0.1, -0.05) is 76.6 Å². The van der Waals surface area contributed by atoms with E-state index in [2.05, 4.69) is 26.1 Å². The number of carbonyl (C=O) groups excluding carboxylic acids is 2. The number of esters is 1. The Morgan fingerprint density at radius 3 is 2.35 bits per heavy atom. The molecule has 0 spiro atoms. The molecule has 1 fully saturated rings. The standard InChI is InChI=1S/C35H35BrN2O5/c1-41-35(40)31(37-34(39)30-24-27(36)17-18-32(30)42-22-21-38-19-7-8-20-38)23-25-13-15-26(16-14-25)29-11-5-6-12-33(29)43-28-9-3-2-4-10-28/h2-6,9-18,24,31H,7-8,19-23H2,1H3,(H,37,39)/t31-/m0/s1. The Labute approximate surface area is 260 Å². The summed E-state index contributed by atoms with van der Waals surface area (Å²) in [6, 6.07) is 29.8. The first kappa shape index (κ1) is 30.3. The molecule has 4 aromatic carbocycles. The number of hydrogen-bond donors (Lipinski definition) is 1. The van der Waals surface area contributed by atoms with Crippen molar-refractivity contribution >= 4 is 27.8 Å². The molecule has 0 aromatic heterocycles. The van der Waals surface area contributed by atoms with E-state index < -0.39 is 17.9 Å². The molecule has 1 saturated heterocycles. The van der Waals surface area contributed by atoms with Crippen LogP contribution in [0.25, 0.3) is 11.1 Å². The smallest absolute Gasteiger partial charge is 0.328 e. The molecule has 43 heavy (non-hydrogen) atoms. The van der Waals surface area contributed by atoms with Gasteiger partial charge in [-0.2, -0.15) is 0 Å². The molecule has 4 aromatic rings. The first-order valence-corrected chi connectivity index (χ1v) is 15.2. The molecule has 0 bridgehead atoms. The molecule has 222 valence electrons. The quantitative estimate of drug-likeness (QED) is 0.169. The summed E-state index contributed by atoms with van der Waals surface area (Å²) >= 11 is 3.45. The van der Waals surface area contributed by atoms with E-state index in [-0.39, 0.29) is 6.42 Å². The summed E-state index contributed by atoms with van der Waals surface area (Å²) in [5, 5.41) is 2.87. The maximum absolute atomic E-state index is 13.4. The maximum Gasteiger partial charge on any atom is 0.328 e. The fourth-order valence-electron chi connectivity index (χ4n) is 5.13. The van der Waals surface area contributed by atoms with Crippen molar-refractivity contribution in [3.63, 3.8) is 0 Å². The molecule has 5 rings (SSSR count). The van der Waals surface area contributed by atoms with Crippen LogP contribution in [0.5, 0.6) is 17.2 Å². The molecule has 1 amide bonds. The predicted octanol–water partition coefficient (Wildman–Crippen LogP) is 6.90. The van der Waals surface area contributed by atoms with Gasteiger partial charge in [0, 0.05) is 23.0 Å². The SMILES string of the molecule is COC(=O)[C@H](Cc1ccc(-c2ccccc2Oc2ccccc2)cc1)NC(=O)c1cc(Br)ccc1OCCN1CCCC1. The van der Waals surface area contributed by atoms with Gasteiger partial charge in [0.1, 0.15) is 29.9 Å². The zero-order valence-electron chi connectivity index (χ0n) is 24.1. The van der Waals surface area contributed by atoms with Gasteiger partial charge in [0.15, 0.2) is 0 Å². The Balaban J connectivity index is 1.28. The van der Waals surface area contributed by atoms with Crippen molar-refractivity contribution in [3.05, 3.63) is 113 Å². The van der Waals surface area contributed by atoms with E-state index in [1.165, 1.54) is 20.0 Å². The van der Waals surface area contributed by atoms with Gasteiger partial charge >= 0.3 is 5.97 Å². The molecular weight excluding hydrogens is 608 g/mol. The zero-order valence-corrected chi connectivity index (χ0v) is 25.7. The number of nitrogens with zero attached hydrogens (tertiary/aromatic N) is 1. The van der Waals surface area contributed by atoms with Crippen LogP contribution in [-0.4, -0.2) is 56.2 Å². The summed E-state index contributed by atoms with van der Waals surface area (Å²) in [5.74, 6) is 1.05. The first-order chi connectivity index (χ1) is 21.0. The number of benzene rings is 4. The Morgan fingerprint density at radius 1 is 0.884 bits per heavy atom. The van der Waals surface area contributed by atoms with E-state index in [1.807, 2.05) is 84.9 Å². The van der Waals surface area contributed by atoms with Crippen LogP contribution in [0.1, 0.15) is 28.8 Å². The number of amides is 1. The van der Waals surface area contributed by atoms with E-state index >= 15 is 0 Å². The van der Waals surface area contributed by atoms with Crippen molar-refractivity contribution in [1.82, 2.24) is 10.2 Å². The molecule has 7 nitrogen and oxygen atoms in total. The number of ether oxygens (including phenoxy) is 3. The second kappa shape index (κ2) is 14.8. The summed E-state index contributed by atoms with van der Waals surface area (Å²) < 4.78 is 17.9. The van der Waals surface area contributed by atoms with Crippen LogP contribution in [-0.2, 0) is 16.0 Å². The summed E-state index contributed by atoms with van der Waals surface area (Å²) in [6.45, 7) is 3.44. The molecule has 0 aliphatic carbocycles. The molecule has 1 aliphatic rings. The average Bonchev–Trinajstić information content (AvgIpc) is 3.56. The molecule has 1 atom stereocenters. The number of halogens is 1. The number of carbonyl (C=O) groups is 2. The molecule has 1 aliphatic heterocycles. The zero-order chi connectivity index (χ0) is 30.0. The lowest BCUT2D eigenvalue weighted by molar-refractivity contribution is -0.142. The van der Waals surface area contributed by atoms with Crippen molar-refractivity contribution in [2.75, 3.05) is 33.4 Å². The number of likely N-dealkylation sites (tertiary alicyclic amines) is 1. The monoisotopic (exact) mass is 642 g/mol. The average molecular weight is 644 g/mol. The van der Waals surface area contributed by atoms with Gasteiger partial charge in [-0.25, -0.2) is 4.79 Å². The summed E-state index contributed by atoms with van der Waals surface area (Å²) in [6.07, 6.45) is 2.68. The van der Waals surface area contributed by atoms with Crippen LogP contribution in [0.2, 0.25) is 0 Å².